The monoisotopic (exact) mass is 428 g/mol. The van der Waals surface area contributed by atoms with Gasteiger partial charge in [0.05, 0.1) is 5.69 Å². The third-order valence-corrected chi connectivity index (χ3v) is 5.60. The van der Waals surface area contributed by atoms with E-state index in [4.69, 9.17) is 4.74 Å². The molecule has 0 saturated carbocycles. The first-order valence-corrected chi connectivity index (χ1v) is 10.7. The number of tetrazole rings is 1. The van der Waals surface area contributed by atoms with Gasteiger partial charge in [-0.15, -0.1) is 0 Å². The largest absolute Gasteiger partial charge is 0.489 e. The number of nitrogens with zero attached hydrogens (tertiary/aromatic N) is 4. The van der Waals surface area contributed by atoms with Crippen LogP contribution in [0.4, 0.5) is 0 Å². The van der Waals surface area contributed by atoms with Gasteiger partial charge in [-0.05, 0) is 63.2 Å². The number of ether oxygens (including phenoxy) is 1. The fraction of sp³-hybridized carbons (Fsp3) is 0.269. The van der Waals surface area contributed by atoms with E-state index in [1.165, 1.54) is 26.1 Å². The van der Waals surface area contributed by atoms with Gasteiger partial charge < -0.3 is 4.74 Å². The highest BCUT2D eigenvalue weighted by Gasteiger charge is 2.20. The van der Waals surface area contributed by atoms with E-state index in [9.17, 15) is 4.79 Å². The third kappa shape index (κ3) is 4.21. The molecule has 0 amide bonds. The van der Waals surface area contributed by atoms with Crippen LogP contribution in [0.3, 0.4) is 0 Å². The molecular weight excluding hydrogens is 400 g/mol. The van der Waals surface area contributed by atoms with E-state index in [1.807, 2.05) is 37.3 Å². The molecule has 3 aromatic carbocycles. The molecule has 0 aliphatic carbocycles. The van der Waals surface area contributed by atoms with Crippen LogP contribution in [0.2, 0.25) is 0 Å². The van der Waals surface area contributed by atoms with Crippen LogP contribution in [0.15, 0.2) is 71.5 Å². The minimum absolute atomic E-state index is 0.0503. The van der Waals surface area contributed by atoms with Crippen molar-refractivity contribution < 1.29 is 4.74 Å². The molecule has 0 bridgehead atoms. The lowest BCUT2D eigenvalue weighted by atomic mass is 9.81. The Labute approximate surface area is 188 Å². The van der Waals surface area contributed by atoms with E-state index < -0.39 is 0 Å². The summed E-state index contributed by atoms with van der Waals surface area (Å²) >= 11 is 0. The Morgan fingerprint density at radius 3 is 2.34 bits per heavy atom. The summed E-state index contributed by atoms with van der Waals surface area (Å²) in [6.45, 7) is 8.94. The van der Waals surface area contributed by atoms with Crippen molar-refractivity contribution in [3.05, 3.63) is 93.9 Å². The highest BCUT2D eigenvalue weighted by atomic mass is 16.5. The molecule has 4 rings (SSSR count). The molecule has 6 heteroatoms. The van der Waals surface area contributed by atoms with Crippen LogP contribution in [0.5, 0.6) is 5.75 Å². The highest BCUT2D eigenvalue weighted by Crippen LogP contribution is 2.36. The summed E-state index contributed by atoms with van der Waals surface area (Å²) in [6, 6.07) is 22.4. The zero-order valence-corrected chi connectivity index (χ0v) is 19.2. The first-order chi connectivity index (χ1) is 15.3. The number of benzene rings is 3. The summed E-state index contributed by atoms with van der Waals surface area (Å²) in [5, 5.41) is 7.83. The number of hydrogen-bond acceptors (Lipinski definition) is 4. The van der Waals surface area contributed by atoms with Gasteiger partial charge in [0.2, 0.25) is 0 Å². The minimum Gasteiger partial charge on any atom is -0.489 e. The van der Waals surface area contributed by atoms with Crippen LogP contribution in [-0.4, -0.2) is 19.8 Å². The fourth-order valence-corrected chi connectivity index (χ4v) is 3.80. The Morgan fingerprint density at radius 2 is 1.69 bits per heavy atom. The lowest BCUT2D eigenvalue weighted by Gasteiger charge is -2.24. The van der Waals surface area contributed by atoms with Gasteiger partial charge in [-0.2, -0.15) is 9.36 Å². The van der Waals surface area contributed by atoms with Crippen molar-refractivity contribution in [2.45, 2.75) is 39.7 Å². The maximum absolute atomic E-state index is 12.4. The first-order valence-electron chi connectivity index (χ1n) is 10.7. The summed E-state index contributed by atoms with van der Waals surface area (Å²) < 4.78 is 8.76. The summed E-state index contributed by atoms with van der Waals surface area (Å²) in [5.74, 6) is 0.787. The van der Waals surface area contributed by atoms with Crippen molar-refractivity contribution in [1.29, 1.82) is 0 Å². The quantitative estimate of drug-likeness (QED) is 0.457. The van der Waals surface area contributed by atoms with E-state index in [2.05, 4.69) is 67.6 Å². The standard InChI is InChI=1S/C26H28N4O2/c1-18-10-9-13-24(30-25(31)29(5)27-28-30)22(18)17-32-20-14-15-21(19-11-7-6-8-12-19)23(16-20)26(2,3)4/h6-16H,17H2,1-5H3. The van der Waals surface area contributed by atoms with Gasteiger partial charge in [0.15, 0.2) is 0 Å². The predicted octanol–water partition coefficient (Wildman–Crippen LogP) is 4.82. The molecule has 0 saturated heterocycles. The number of hydrogen-bond donors (Lipinski definition) is 0. The first kappa shape index (κ1) is 21.6. The van der Waals surface area contributed by atoms with Crippen LogP contribution < -0.4 is 10.4 Å². The molecule has 0 fully saturated rings. The van der Waals surface area contributed by atoms with Crippen molar-refractivity contribution in [3.63, 3.8) is 0 Å². The molecule has 0 aliphatic rings. The molecule has 0 radical (unpaired) electrons. The fourth-order valence-electron chi connectivity index (χ4n) is 3.80. The second kappa shape index (κ2) is 8.46. The smallest absolute Gasteiger partial charge is 0.368 e. The van der Waals surface area contributed by atoms with E-state index >= 15 is 0 Å². The number of aromatic nitrogens is 4. The Hall–Kier alpha value is -3.67. The SMILES string of the molecule is Cc1cccc(-n2nnn(C)c2=O)c1COc1ccc(-c2ccccc2)c(C(C)(C)C)c1. The highest BCUT2D eigenvalue weighted by molar-refractivity contribution is 5.69. The Morgan fingerprint density at radius 1 is 0.938 bits per heavy atom. The summed E-state index contributed by atoms with van der Waals surface area (Å²) in [6.07, 6.45) is 0. The van der Waals surface area contributed by atoms with Gasteiger partial charge in [0.1, 0.15) is 12.4 Å². The van der Waals surface area contributed by atoms with Gasteiger partial charge in [-0.25, -0.2) is 4.79 Å². The van der Waals surface area contributed by atoms with Crippen molar-refractivity contribution >= 4 is 0 Å². The van der Waals surface area contributed by atoms with Crippen molar-refractivity contribution in [2.24, 2.45) is 7.05 Å². The Bertz CT molecular complexity index is 1300. The average Bonchev–Trinajstić information content (AvgIpc) is 3.11. The summed E-state index contributed by atoms with van der Waals surface area (Å²) in [4.78, 5) is 12.4. The summed E-state index contributed by atoms with van der Waals surface area (Å²) in [5.41, 5.74) is 5.87. The second-order valence-electron chi connectivity index (χ2n) is 8.98. The predicted molar refractivity (Wildman–Crippen MR) is 126 cm³/mol. The van der Waals surface area contributed by atoms with E-state index in [1.54, 1.807) is 7.05 Å². The zero-order chi connectivity index (χ0) is 22.9. The van der Waals surface area contributed by atoms with Crippen LogP contribution in [0, 0.1) is 6.92 Å². The molecule has 0 unspecified atom stereocenters. The Balaban J connectivity index is 1.68. The van der Waals surface area contributed by atoms with Gasteiger partial charge in [0, 0.05) is 12.6 Å². The van der Waals surface area contributed by atoms with E-state index in [0.29, 0.717) is 12.3 Å². The average molecular weight is 429 g/mol. The molecule has 4 aromatic rings. The van der Waals surface area contributed by atoms with Gasteiger partial charge >= 0.3 is 5.69 Å². The molecule has 0 N–H and O–H groups in total. The van der Waals surface area contributed by atoms with Gasteiger partial charge in [-0.1, -0.05) is 69.3 Å². The zero-order valence-electron chi connectivity index (χ0n) is 19.2. The van der Waals surface area contributed by atoms with E-state index in [0.717, 1.165) is 16.9 Å². The normalized spacial score (nSPS) is 11.5. The topological polar surface area (TPSA) is 61.9 Å². The molecule has 6 nitrogen and oxygen atoms in total. The van der Waals surface area contributed by atoms with E-state index in [-0.39, 0.29) is 11.1 Å². The molecule has 164 valence electrons. The summed E-state index contributed by atoms with van der Waals surface area (Å²) in [7, 11) is 1.58. The third-order valence-electron chi connectivity index (χ3n) is 5.60. The minimum atomic E-state index is -0.293. The van der Waals surface area contributed by atoms with Crippen LogP contribution >= 0.6 is 0 Å². The maximum atomic E-state index is 12.4. The van der Waals surface area contributed by atoms with Gasteiger partial charge in [0.25, 0.3) is 0 Å². The Kier molecular flexibility index (Phi) is 5.70. The second-order valence-corrected chi connectivity index (χ2v) is 8.98. The number of rotatable bonds is 5. The van der Waals surface area contributed by atoms with Crippen molar-refractivity contribution in [2.75, 3.05) is 0 Å². The van der Waals surface area contributed by atoms with Gasteiger partial charge in [-0.3, -0.25) is 0 Å². The molecule has 1 heterocycles. The van der Waals surface area contributed by atoms with Crippen LogP contribution in [0.25, 0.3) is 16.8 Å². The molecule has 1 aromatic heterocycles. The molecule has 0 atom stereocenters. The van der Waals surface area contributed by atoms with Crippen molar-refractivity contribution in [3.8, 4) is 22.6 Å². The lowest BCUT2D eigenvalue weighted by molar-refractivity contribution is 0.304. The molecule has 0 spiro atoms. The van der Waals surface area contributed by atoms with Crippen LogP contribution in [-0.2, 0) is 19.1 Å². The lowest BCUT2D eigenvalue weighted by Crippen LogP contribution is -2.23. The molecular formula is C26H28N4O2. The number of aryl methyl sites for hydroxylation is 2. The van der Waals surface area contributed by atoms with Crippen molar-refractivity contribution in [1.82, 2.24) is 19.8 Å². The molecule has 0 aliphatic heterocycles. The molecule has 32 heavy (non-hydrogen) atoms. The van der Waals surface area contributed by atoms with Crippen LogP contribution in [0.1, 0.15) is 37.5 Å². The maximum Gasteiger partial charge on any atom is 0.368 e.